The number of aliphatic hydroxyl groups excluding tert-OH is 1. The topological polar surface area (TPSA) is 56.1 Å². The fourth-order valence-electron chi connectivity index (χ4n) is 5.12. The summed E-state index contributed by atoms with van der Waals surface area (Å²) in [6.45, 7) is 4.92. The number of likely N-dealkylation sites (tertiary alicyclic amines) is 1. The summed E-state index contributed by atoms with van der Waals surface area (Å²) in [7, 11) is 0. The van der Waals surface area contributed by atoms with Crippen LogP contribution >= 0.6 is 35.0 Å². The van der Waals surface area contributed by atoms with Gasteiger partial charge in [-0.25, -0.2) is 0 Å². The normalized spacial score (nSPS) is 24.3. The number of aliphatic hydroxyl groups is 1. The number of hydrogen-bond acceptors (Lipinski definition) is 5. The Labute approximate surface area is 214 Å². The molecule has 0 saturated carbocycles. The second kappa shape index (κ2) is 9.57. The standard InChI is InChI=1S/C26H27Cl2N3O2S/c1-15(2)22-24(25(33)30-13-3-4-20(30)14-32)34-26-29-21(16-5-9-18(27)10-6-16)23(31(22)26)17-7-11-19(28)12-8-17/h5-12,15,20-21,23,32H,3-4,13-14H2,1-2H3/t20-,21-,23+/m0/s1. The molecule has 2 aromatic rings. The van der Waals surface area contributed by atoms with Crippen molar-refractivity contribution in [3.05, 3.63) is 80.3 Å². The maximum atomic E-state index is 13.7. The van der Waals surface area contributed by atoms with E-state index >= 15 is 0 Å². The van der Waals surface area contributed by atoms with Crippen molar-refractivity contribution in [2.75, 3.05) is 13.2 Å². The molecule has 1 saturated heterocycles. The number of fused-ring (bicyclic) bond motifs is 1. The van der Waals surface area contributed by atoms with Crippen molar-refractivity contribution in [3.63, 3.8) is 0 Å². The van der Waals surface area contributed by atoms with E-state index in [2.05, 4.69) is 18.7 Å². The van der Waals surface area contributed by atoms with Gasteiger partial charge in [-0.05, 0) is 65.9 Å². The Bertz CT molecular complexity index is 1150. The third kappa shape index (κ3) is 4.15. The maximum absolute atomic E-state index is 13.7. The molecule has 34 heavy (non-hydrogen) atoms. The number of benzene rings is 2. The Morgan fingerprint density at radius 1 is 1.09 bits per heavy atom. The van der Waals surface area contributed by atoms with Gasteiger partial charge < -0.3 is 14.9 Å². The number of aliphatic imine (C=N–C) groups is 1. The Kier molecular flexibility index (Phi) is 6.68. The van der Waals surface area contributed by atoms with Crippen LogP contribution in [0.15, 0.2) is 64.1 Å². The molecule has 0 unspecified atom stereocenters. The van der Waals surface area contributed by atoms with Crippen LogP contribution in [0.5, 0.6) is 0 Å². The molecule has 5 rings (SSSR count). The van der Waals surface area contributed by atoms with Crippen LogP contribution in [-0.2, 0) is 4.79 Å². The lowest BCUT2D eigenvalue weighted by molar-refractivity contribution is -0.127. The molecule has 1 N–H and O–H groups in total. The summed E-state index contributed by atoms with van der Waals surface area (Å²) in [5, 5.41) is 12.0. The van der Waals surface area contributed by atoms with E-state index in [-0.39, 0.29) is 36.6 Å². The van der Waals surface area contributed by atoms with Crippen LogP contribution in [0.4, 0.5) is 0 Å². The van der Waals surface area contributed by atoms with Gasteiger partial charge in [0.25, 0.3) is 5.91 Å². The summed E-state index contributed by atoms with van der Waals surface area (Å²) in [5.74, 6) is 0.119. The van der Waals surface area contributed by atoms with E-state index in [0.717, 1.165) is 39.7 Å². The van der Waals surface area contributed by atoms with E-state index in [0.29, 0.717) is 16.6 Å². The first-order valence-corrected chi connectivity index (χ1v) is 13.2. The highest BCUT2D eigenvalue weighted by Gasteiger charge is 2.48. The summed E-state index contributed by atoms with van der Waals surface area (Å²) in [5.41, 5.74) is 3.15. The zero-order valence-corrected chi connectivity index (χ0v) is 21.4. The highest BCUT2D eigenvalue weighted by molar-refractivity contribution is 8.18. The van der Waals surface area contributed by atoms with Gasteiger partial charge in [-0.3, -0.25) is 9.79 Å². The van der Waals surface area contributed by atoms with Gasteiger partial charge in [0.1, 0.15) is 10.9 Å². The van der Waals surface area contributed by atoms with Gasteiger partial charge >= 0.3 is 0 Å². The zero-order valence-electron chi connectivity index (χ0n) is 19.1. The zero-order chi connectivity index (χ0) is 24.0. The molecule has 3 aliphatic rings. The molecule has 0 aliphatic carbocycles. The molecule has 3 atom stereocenters. The molecule has 2 aromatic carbocycles. The van der Waals surface area contributed by atoms with Gasteiger partial charge in [0.05, 0.1) is 18.7 Å². The number of amidine groups is 1. The SMILES string of the molecule is CC(C)C1=C(C(=O)N2CCC[C@H]2CO)SC2=N[C@@H](c3ccc(Cl)cc3)[C@@H](c3ccc(Cl)cc3)N21. The average Bonchev–Trinajstić information content (AvgIpc) is 3.53. The minimum atomic E-state index is -0.136. The Balaban J connectivity index is 1.59. The number of rotatable bonds is 5. The largest absolute Gasteiger partial charge is 0.394 e. The first-order valence-electron chi connectivity index (χ1n) is 11.6. The lowest BCUT2D eigenvalue weighted by atomic mass is 9.92. The number of hydrogen-bond donors (Lipinski definition) is 1. The predicted molar refractivity (Wildman–Crippen MR) is 139 cm³/mol. The number of carbonyl (C=O) groups excluding carboxylic acids is 1. The van der Waals surface area contributed by atoms with Crippen molar-refractivity contribution in [2.24, 2.45) is 10.9 Å². The number of thioether (sulfide) groups is 1. The Hall–Kier alpha value is -1.99. The molecule has 8 heteroatoms. The van der Waals surface area contributed by atoms with Gasteiger partial charge in [0.2, 0.25) is 0 Å². The first kappa shape index (κ1) is 23.7. The van der Waals surface area contributed by atoms with Gasteiger partial charge in [-0.2, -0.15) is 0 Å². The fraction of sp³-hybridized carbons (Fsp3) is 0.385. The molecule has 178 valence electrons. The van der Waals surface area contributed by atoms with Crippen LogP contribution < -0.4 is 0 Å². The molecule has 0 spiro atoms. The number of amides is 1. The molecule has 5 nitrogen and oxygen atoms in total. The average molecular weight is 516 g/mol. The Morgan fingerprint density at radius 3 is 2.29 bits per heavy atom. The van der Waals surface area contributed by atoms with Crippen molar-refractivity contribution < 1.29 is 9.90 Å². The minimum absolute atomic E-state index is 0.000231. The van der Waals surface area contributed by atoms with E-state index in [1.165, 1.54) is 11.8 Å². The monoisotopic (exact) mass is 515 g/mol. The molecule has 0 aromatic heterocycles. The molecule has 0 radical (unpaired) electrons. The van der Waals surface area contributed by atoms with Crippen molar-refractivity contribution in [2.45, 2.75) is 44.8 Å². The van der Waals surface area contributed by atoms with Gasteiger partial charge in [-0.1, -0.05) is 61.3 Å². The van der Waals surface area contributed by atoms with Gasteiger partial charge in [0, 0.05) is 22.3 Å². The number of carbonyl (C=O) groups is 1. The van der Waals surface area contributed by atoms with E-state index in [1.54, 1.807) is 0 Å². The molecular formula is C26H27Cl2N3O2S. The second-order valence-electron chi connectivity index (χ2n) is 9.22. The van der Waals surface area contributed by atoms with Crippen molar-refractivity contribution in [1.82, 2.24) is 9.80 Å². The number of allylic oxidation sites excluding steroid dienone is 1. The molecular weight excluding hydrogens is 489 g/mol. The van der Waals surface area contributed by atoms with E-state index < -0.39 is 0 Å². The molecule has 1 fully saturated rings. The van der Waals surface area contributed by atoms with Crippen molar-refractivity contribution in [3.8, 4) is 0 Å². The number of halogens is 2. The van der Waals surface area contributed by atoms with E-state index in [1.807, 2.05) is 53.4 Å². The molecule has 1 amide bonds. The summed E-state index contributed by atoms with van der Waals surface area (Å²) >= 11 is 13.8. The van der Waals surface area contributed by atoms with Crippen molar-refractivity contribution in [1.29, 1.82) is 0 Å². The first-order chi connectivity index (χ1) is 16.4. The fourth-order valence-corrected chi connectivity index (χ4v) is 6.67. The van der Waals surface area contributed by atoms with Crippen molar-refractivity contribution >= 4 is 46.0 Å². The minimum Gasteiger partial charge on any atom is -0.394 e. The Morgan fingerprint density at radius 2 is 1.71 bits per heavy atom. The highest BCUT2D eigenvalue weighted by Crippen LogP contribution is 2.53. The van der Waals surface area contributed by atoms with Crippen LogP contribution in [0.25, 0.3) is 0 Å². The van der Waals surface area contributed by atoms with E-state index in [4.69, 9.17) is 28.2 Å². The van der Waals surface area contributed by atoms with Crippen LogP contribution in [0.3, 0.4) is 0 Å². The number of nitrogens with zero attached hydrogens (tertiary/aromatic N) is 3. The summed E-state index contributed by atoms with van der Waals surface area (Å²) in [6, 6.07) is 15.4. The maximum Gasteiger partial charge on any atom is 0.262 e. The second-order valence-corrected chi connectivity index (χ2v) is 11.1. The summed E-state index contributed by atoms with van der Waals surface area (Å²) in [4.78, 5) is 23.6. The van der Waals surface area contributed by atoms with Crippen LogP contribution in [0, 0.1) is 5.92 Å². The smallest absolute Gasteiger partial charge is 0.262 e. The summed E-state index contributed by atoms with van der Waals surface area (Å²) < 4.78 is 0. The molecule has 3 heterocycles. The molecule has 0 bridgehead atoms. The van der Waals surface area contributed by atoms with Crippen LogP contribution in [0.1, 0.15) is 49.9 Å². The summed E-state index contributed by atoms with van der Waals surface area (Å²) in [6.07, 6.45) is 1.76. The highest BCUT2D eigenvalue weighted by atomic mass is 35.5. The molecule has 3 aliphatic heterocycles. The van der Waals surface area contributed by atoms with Crippen LogP contribution in [0.2, 0.25) is 10.0 Å². The third-order valence-corrected chi connectivity index (χ3v) is 8.31. The van der Waals surface area contributed by atoms with E-state index in [9.17, 15) is 9.90 Å². The van der Waals surface area contributed by atoms with Crippen LogP contribution in [-0.4, -0.2) is 45.2 Å². The lowest BCUT2D eigenvalue weighted by Gasteiger charge is -2.32. The lowest BCUT2D eigenvalue weighted by Crippen LogP contribution is -2.38. The quantitative estimate of drug-likeness (QED) is 0.526. The predicted octanol–water partition coefficient (Wildman–Crippen LogP) is 6.05. The van der Waals surface area contributed by atoms with Gasteiger partial charge in [-0.15, -0.1) is 0 Å². The third-order valence-electron chi connectivity index (χ3n) is 6.73. The van der Waals surface area contributed by atoms with Gasteiger partial charge in [0.15, 0.2) is 5.17 Å².